The van der Waals surface area contributed by atoms with Crippen molar-refractivity contribution < 1.29 is 48.8 Å². The predicted octanol–water partition coefficient (Wildman–Crippen LogP) is -5.05. The van der Waals surface area contributed by atoms with E-state index < -0.39 is 95.5 Å². The second-order valence-electron chi connectivity index (χ2n) is 11.6. The van der Waals surface area contributed by atoms with E-state index in [1.807, 2.05) is 0 Å². The Bertz CT molecular complexity index is 1180. The Kier molecular flexibility index (Phi) is 10.3. The van der Waals surface area contributed by atoms with Crippen LogP contribution in [0.5, 0.6) is 0 Å². The summed E-state index contributed by atoms with van der Waals surface area (Å²) in [6, 6.07) is -5.23. The van der Waals surface area contributed by atoms with Gasteiger partial charge in [-0.15, -0.1) is 11.6 Å². The number of cyclic esters (lactones) is 1. The van der Waals surface area contributed by atoms with Crippen LogP contribution in [0.15, 0.2) is 0 Å². The molecule has 4 saturated heterocycles. The molecule has 246 valence electrons. The Morgan fingerprint density at radius 3 is 1.91 bits per heavy atom. The Morgan fingerprint density at radius 1 is 0.795 bits per heavy atom. The van der Waals surface area contributed by atoms with Gasteiger partial charge < -0.3 is 30.7 Å². The van der Waals surface area contributed by atoms with Gasteiger partial charge >= 0.3 is 5.97 Å². The van der Waals surface area contributed by atoms with Gasteiger partial charge in [0.15, 0.2) is 11.6 Å². The molecule has 9 atom stereocenters. The lowest BCUT2D eigenvalue weighted by Crippen LogP contribution is -2.71. The number of carbonyl (C=O) groups is 6. The van der Waals surface area contributed by atoms with Gasteiger partial charge in [0.1, 0.15) is 24.2 Å². The van der Waals surface area contributed by atoms with E-state index in [2.05, 4.69) is 26.9 Å². The second kappa shape index (κ2) is 13.5. The molecule has 5 amide bonds. The molecule has 4 fully saturated rings. The summed E-state index contributed by atoms with van der Waals surface area (Å²) in [4.78, 5) is 81.0. The molecule has 4 aliphatic heterocycles. The van der Waals surface area contributed by atoms with Crippen LogP contribution in [0.4, 0.5) is 0 Å². The van der Waals surface area contributed by atoms with E-state index in [4.69, 9.17) is 16.3 Å². The molecular weight excluding hydrogens is 608 g/mol. The quantitative estimate of drug-likeness (QED) is 0.0984. The fourth-order valence-electron chi connectivity index (χ4n) is 5.40. The summed E-state index contributed by atoms with van der Waals surface area (Å²) in [6.07, 6.45) is -4.12. The lowest BCUT2D eigenvalue weighted by Gasteiger charge is -2.44. The van der Waals surface area contributed by atoms with Crippen molar-refractivity contribution >= 4 is 47.1 Å². The highest BCUT2D eigenvalue weighted by atomic mass is 35.5. The number of hydrogen-bond acceptors (Lipinski definition) is 13. The number of aliphatic hydroxyl groups excluding tert-OH is 3. The first-order valence-corrected chi connectivity index (χ1v) is 14.7. The van der Waals surface area contributed by atoms with E-state index in [-0.39, 0.29) is 38.9 Å². The number of nitrogens with zero attached hydrogens (tertiary/aromatic N) is 3. The summed E-state index contributed by atoms with van der Waals surface area (Å²) in [5.41, 5.74) is 6.03. The van der Waals surface area contributed by atoms with Gasteiger partial charge in [0.2, 0.25) is 11.8 Å². The predicted molar refractivity (Wildman–Crippen MR) is 148 cm³/mol. The monoisotopic (exact) mass is 646 g/mol. The largest absolute Gasteiger partial charge is 0.451 e. The number of ether oxygens (including phenoxy) is 1. The number of fused-ring (bicyclic) bond motifs is 3. The molecule has 0 aromatic heterocycles. The average Bonchev–Trinajstić information content (AvgIpc) is 2.99. The Hall–Kier alpha value is -3.13. The first-order chi connectivity index (χ1) is 20.7. The molecular formula is C25H39ClN8O10. The van der Waals surface area contributed by atoms with Gasteiger partial charge in [-0.3, -0.25) is 39.0 Å². The van der Waals surface area contributed by atoms with Crippen LogP contribution in [-0.2, 0) is 33.5 Å². The summed E-state index contributed by atoms with van der Waals surface area (Å²) in [7, 11) is 0. The molecule has 0 spiro atoms. The molecule has 19 heteroatoms. The molecule has 4 aliphatic rings. The normalized spacial score (nSPS) is 38.4. The molecule has 4 heterocycles. The molecule has 0 aromatic rings. The minimum Gasteiger partial charge on any atom is -0.451 e. The Labute approximate surface area is 257 Å². The average molecular weight is 647 g/mol. The first-order valence-electron chi connectivity index (χ1n) is 14.3. The molecule has 44 heavy (non-hydrogen) atoms. The zero-order chi connectivity index (χ0) is 32.5. The van der Waals surface area contributed by atoms with Crippen LogP contribution in [0.25, 0.3) is 0 Å². The van der Waals surface area contributed by atoms with Gasteiger partial charge in [-0.05, 0) is 27.2 Å². The highest BCUT2D eigenvalue weighted by Crippen LogP contribution is 2.23. The minimum absolute atomic E-state index is 0.0333. The van der Waals surface area contributed by atoms with Crippen molar-refractivity contribution in [3.05, 3.63) is 0 Å². The summed E-state index contributed by atoms with van der Waals surface area (Å²) < 4.78 is 5.30. The van der Waals surface area contributed by atoms with E-state index in [9.17, 15) is 44.1 Å². The molecule has 0 bridgehead atoms. The van der Waals surface area contributed by atoms with Crippen molar-refractivity contribution in [1.29, 1.82) is 0 Å². The number of halogens is 1. The summed E-state index contributed by atoms with van der Waals surface area (Å²) in [5, 5.41) is 37.8. The number of carbonyl (C=O) groups excluding carboxylic acids is 6. The van der Waals surface area contributed by atoms with Crippen molar-refractivity contribution in [1.82, 2.24) is 41.9 Å². The van der Waals surface area contributed by atoms with Crippen molar-refractivity contribution in [2.75, 3.05) is 26.2 Å². The number of alkyl halides is 1. The van der Waals surface area contributed by atoms with E-state index in [1.165, 1.54) is 13.8 Å². The fourth-order valence-corrected chi connectivity index (χ4v) is 5.64. The number of nitrogens with one attached hydrogen (secondary N) is 5. The third kappa shape index (κ3) is 6.90. The molecule has 4 rings (SSSR count). The van der Waals surface area contributed by atoms with Gasteiger partial charge in [0.25, 0.3) is 17.7 Å². The summed E-state index contributed by atoms with van der Waals surface area (Å²) in [6.45, 7) is 2.67. The number of aliphatic hydroxyl groups is 3. The summed E-state index contributed by atoms with van der Waals surface area (Å²) >= 11 is 6.34. The van der Waals surface area contributed by atoms with Gasteiger partial charge in [-0.25, -0.2) is 21.1 Å². The van der Waals surface area contributed by atoms with Crippen LogP contribution in [0.2, 0.25) is 0 Å². The fraction of sp³-hybridized carbons (Fsp3) is 0.760. The maximum atomic E-state index is 13.9. The number of rotatable bonds is 1. The third-order valence-corrected chi connectivity index (χ3v) is 8.34. The zero-order valence-corrected chi connectivity index (χ0v) is 25.2. The second-order valence-corrected chi connectivity index (χ2v) is 12.2. The van der Waals surface area contributed by atoms with Crippen molar-refractivity contribution in [3.63, 3.8) is 0 Å². The molecule has 8 N–H and O–H groups in total. The van der Waals surface area contributed by atoms with Gasteiger partial charge in [-0.1, -0.05) is 0 Å². The van der Waals surface area contributed by atoms with Crippen LogP contribution in [0.3, 0.4) is 0 Å². The van der Waals surface area contributed by atoms with Gasteiger partial charge in [-0.2, -0.15) is 0 Å². The number of amides is 5. The van der Waals surface area contributed by atoms with Crippen LogP contribution < -0.4 is 26.9 Å². The van der Waals surface area contributed by atoms with Crippen molar-refractivity contribution in [3.8, 4) is 0 Å². The zero-order valence-electron chi connectivity index (χ0n) is 24.5. The van der Waals surface area contributed by atoms with Crippen molar-refractivity contribution in [2.24, 2.45) is 0 Å². The number of esters is 1. The molecule has 0 aromatic carbocycles. The third-order valence-electron chi connectivity index (χ3n) is 8.01. The molecule has 0 saturated carbocycles. The van der Waals surface area contributed by atoms with E-state index >= 15 is 0 Å². The molecule has 0 aliphatic carbocycles. The van der Waals surface area contributed by atoms with E-state index in [0.717, 1.165) is 22.0 Å². The number of hydrazine groups is 3. The number of hydrogen-bond donors (Lipinski definition) is 8. The van der Waals surface area contributed by atoms with E-state index in [1.54, 1.807) is 0 Å². The van der Waals surface area contributed by atoms with Crippen LogP contribution >= 0.6 is 11.6 Å². The lowest BCUT2D eigenvalue weighted by molar-refractivity contribution is -0.173. The standard InChI is InChI=1S/C25H39ClN8O10/c1-11-21(40)34-18(4-13(26)7-27-34)23(42)33-17(6-15(37)9-29-33)20(39)31-25(3,10-35)24(43)44-12(2)22(41)32-16(19(38)30-11)5-14(36)8-28-32/h11-18,27-29,35-37H,4-10H2,1-3H3,(H,30,38)(H,31,39)/t11-,12-,13-,14+,15-,16+,17-,18+,25-/m0/s1. The van der Waals surface area contributed by atoms with Crippen LogP contribution in [0.1, 0.15) is 40.0 Å². The van der Waals surface area contributed by atoms with Crippen molar-refractivity contribution in [2.45, 2.75) is 93.4 Å². The highest BCUT2D eigenvalue weighted by Gasteiger charge is 2.48. The van der Waals surface area contributed by atoms with Gasteiger partial charge in [0, 0.05) is 32.5 Å². The topological polar surface area (TPSA) is 242 Å². The number of β-amino-alcohol motifs (C(OH)–C–C–N with tert-alkyl or cyclic N) is 2. The minimum atomic E-state index is -2.10. The highest BCUT2D eigenvalue weighted by molar-refractivity contribution is 6.21. The SMILES string of the molecule is C[C@@H]1NC(=O)[C@H]2C[C@@H](O)CNN2C(=O)[C@H](C)OC(=O)[C@](C)(CO)NC(=O)[C@@H]2C[C@H](O)CNN2C(=O)[C@H]2C[C@H](Cl)CNN2C1=O. The van der Waals surface area contributed by atoms with Crippen LogP contribution in [0, 0.1) is 0 Å². The maximum absolute atomic E-state index is 13.9. The lowest BCUT2D eigenvalue weighted by atomic mass is 9.98. The molecule has 0 radical (unpaired) electrons. The van der Waals surface area contributed by atoms with Crippen LogP contribution in [-0.4, -0.2) is 145 Å². The molecule has 0 unspecified atom stereocenters. The Morgan fingerprint density at radius 2 is 1.32 bits per heavy atom. The summed E-state index contributed by atoms with van der Waals surface area (Å²) in [5.74, 6) is -5.30. The smallest absolute Gasteiger partial charge is 0.334 e. The Balaban J connectivity index is 1.74. The van der Waals surface area contributed by atoms with Gasteiger partial charge in [0.05, 0.1) is 24.2 Å². The molecule has 18 nitrogen and oxygen atoms in total. The van der Waals surface area contributed by atoms with E-state index in [0.29, 0.717) is 0 Å². The first kappa shape index (κ1) is 33.8. The maximum Gasteiger partial charge on any atom is 0.334 e.